The summed E-state index contributed by atoms with van der Waals surface area (Å²) in [6.45, 7) is 0.144. The Bertz CT molecular complexity index is 497. The van der Waals surface area contributed by atoms with E-state index in [0.29, 0.717) is 11.3 Å². The quantitative estimate of drug-likeness (QED) is 0.341. The summed E-state index contributed by atoms with van der Waals surface area (Å²) in [6.07, 6.45) is 5.05. The van der Waals surface area contributed by atoms with Crippen molar-refractivity contribution in [3.8, 4) is 18.1 Å². The minimum Gasteiger partial charge on any atom is -0.481 e. The second kappa shape index (κ2) is 6.18. The first-order valence-electron chi connectivity index (χ1n) is 4.44. The predicted molar refractivity (Wildman–Crippen MR) is 70.4 cm³/mol. The lowest BCUT2D eigenvalue weighted by atomic mass is 10.2. The van der Waals surface area contributed by atoms with Crippen LogP contribution in [0, 0.1) is 23.2 Å². The zero-order valence-electron chi connectivity index (χ0n) is 8.66. The number of hydrogen-bond donors (Lipinski definition) is 3. The van der Waals surface area contributed by atoms with E-state index < -0.39 is 0 Å². The fraction of sp³-hybridized carbons (Fsp3) is 0.0909. The number of hydrogen-bond acceptors (Lipinski definition) is 4. The van der Waals surface area contributed by atoms with E-state index in [1.807, 2.05) is 0 Å². The van der Waals surface area contributed by atoms with Crippen LogP contribution in [0.2, 0.25) is 5.02 Å². The molecule has 0 atom stereocenters. The third kappa shape index (κ3) is 4.02. The fourth-order valence-electron chi connectivity index (χ4n) is 1.05. The molecule has 2 N–H and O–H groups in total. The Kier molecular flexibility index (Phi) is 4.88. The lowest BCUT2D eigenvalue weighted by Crippen LogP contribution is -2.08. The van der Waals surface area contributed by atoms with E-state index in [1.165, 1.54) is 6.07 Å². The fourth-order valence-corrected chi connectivity index (χ4v) is 1.39. The normalized spacial score (nSPS) is 9.24. The SMILES string of the molecule is C#CCOc1ccc(C(=N)OC(=N)S)c(Cl)c1. The van der Waals surface area contributed by atoms with Crippen LogP contribution in [0.1, 0.15) is 5.56 Å². The van der Waals surface area contributed by atoms with Crippen molar-refractivity contribution in [1.82, 2.24) is 0 Å². The van der Waals surface area contributed by atoms with Crippen molar-refractivity contribution >= 4 is 35.4 Å². The number of rotatable bonds is 3. The molecule has 6 heteroatoms. The molecule has 88 valence electrons. The Hall–Kier alpha value is -1.64. The van der Waals surface area contributed by atoms with Gasteiger partial charge in [-0.2, -0.15) is 0 Å². The Morgan fingerprint density at radius 1 is 1.47 bits per heavy atom. The topological polar surface area (TPSA) is 66.2 Å². The maximum Gasteiger partial charge on any atom is 0.246 e. The van der Waals surface area contributed by atoms with Crippen LogP contribution in [0.3, 0.4) is 0 Å². The minimum absolute atomic E-state index is 0.144. The van der Waals surface area contributed by atoms with E-state index in [4.69, 9.17) is 38.3 Å². The molecular weight excluding hydrogens is 260 g/mol. The van der Waals surface area contributed by atoms with Crippen molar-refractivity contribution < 1.29 is 9.47 Å². The summed E-state index contributed by atoms with van der Waals surface area (Å²) in [6, 6.07) is 4.68. The van der Waals surface area contributed by atoms with Gasteiger partial charge in [-0.05, 0) is 18.2 Å². The number of nitrogens with one attached hydrogen (secondary N) is 2. The molecular formula is C11H9ClN2O2S. The van der Waals surface area contributed by atoms with E-state index in [-0.39, 0.29) is 22.8 Å². The van der Waals surface area contributed by atoms with Gasteiger partial charge in [0.2, 0.25) is 11.1 Å². The molecule has 0 heterocycles. The van der Waals surface area contributed by atoms with E-state index in [2.05, 4.69) is 18.5 Å². The highest BCUT2D eigenvalue weighted by molar-refractivity contribution is 7.96. The van der Waals surface area contributed by atoms with Crippen molar-refractivity contribution in [2.24, 2.45) is 0 Å². The molecule has 17 heavy (non-hydrogen) atoms. The first-order chi connectivity index (χ1) is 8.04. The first kappa shape index (κ1) is 13.4. The van der Waals surface area contributed by atoms with E-state index in [9.17, 15) is 0 Å². The van der Waals surface area contributed by atoms with Gasteiger partial charge in [-0.25, -0.2) is 0 Å². The van der Waals surface area contributed by atoms with Gasteiger partial charge >= 0.3 is 0 Å². The Morgan fingerprint density at radius 2 is 2.18 bits per heavy atom. The van der Waals surface area contributed by atoms with Gasteiger partial charge in [0, 0.05) is 0 Å². The van der Waals surface area contributed by atoms with E-state index >= 15 is 0 Å². The van der Waals surface area contributed by atoms with E-state index in [1.54, 1.807) is 12.1 Å². The molecule has 0 aliphatic rings. The summed E-state index contributed by atoms with van der Waals surface area (Å²) < 4.78 is 9.87. The van der Waals surface area contributed by atoms with Crippen LogP contribution in [0.5, 0.6) is 5.75 Å². The average molecular weight is 269 g/mol. The highest BCUT2D eigenvalue weighted by Crippen LogP contribution is 2.23. The molecule has 0 unspecified atom stereocenters. The van der Waals surface area contributed by atoms with Gasteiger partial charge in [-0.1, -0.05) is 30.2 Å². The molecule has 0 aliphatic heterocycles. The molecule has 0 fully saturated rings. The van der Waals surface area contributed by atoms with Crippen molar-refractivity contribution in [2.75, 3.05) is 6.61 Å². The van der Waals surface area contributed by atoms with Gasteiger partial charge in [0.05, 0.1) is 10.6 Å². The molecule has 0 bridgehead atoms. The zero-order valence-corrected chi connectivity index (χ0v) is 10.3. The summed E-state index contributed by atoms with van der Waals surface area (Å²) in [5.74, 6) is 2.58. The molecule has 1 aromatic rings. The molecule has 0 saturated carbocycles. The van der Waals surface area contributed by atoms with Crippen LogP contribution in [-0.4, -0.2) is 17.7 Å². The van der Waals surface area contributed by atoms with Crippen LogP contribution in [0.25, 0.3) is 0 Å². The summed E-state index contributed by atoms with van der Waals surface area (Å²) in [5, 5.41) is 14.4. The van der Waals surface area contributed by atoms with Crippen LogP contribution < -0.4 is 4.74 Å². The van der Waals surface area contributed by atoms with Gasteiger partial charge in [0.15, 0.2) is 0 Å². The Morgan fingerprint density at radius 3 is 2.71 bits per heavy atom. The summed E-state index contributed by atoms with van der Waals surface area (Å²) in [7, 11) is 0. The Labute approximate surface area is 109 Å². The average Bonchev–Trinajstić information content (AvgIpc) is 2.25. The molecule has 0 spiro atoms. The number of thiol groups is 1. The van der Waals surface area contributed by atoms with Gasteiger partial charge in [0.1, 0.15) is 12.4 Å². The van der Waals surface area contributed by atoms with E-state index in [0.717, 1.165) is 0 Å². The summed E-state index contributed by atoms with van der Waals surface area (Å²) in [4.78, 5) is 0. The largest absolute Gasteiger partial charge is 0.481 e. The maximum atomic E-state index is 7.54. The molecule has 0 saturated heterocycles. The predicted octanol–water partition coefficient (Wildman–Crippen LogP) is 2.56. The third-order valence-corrected chi connectivity index (χ3v) is 2.11. The smallest absolute Gasteiger partial charge is 0.246 e. The lowest BCUT2D eigenvalue weighted by molar-refractivity contribution is 0.370. The molecule has 1 rings (SSSR count). The maximum absolute atomic E-state index is 7.54. The molecule has 0 aromatic heterocycles. The van der Waals surface area contributed by atoms with Gasteiger partial charge in [-0.15, -0.1) is 6.42 Å². The molecule has 0 radical (unpaired) electrons. The number of halogens is 1. The van der Waals surface area contributed by atoms with Gasteiger partial charge in [0.25, 0.3) is 0 Å². The minimum atomic E-state index is -0.376. The van der Waals surface area contributed by atoms with Crippen LogP contribution in [0.4, 0.5) is 0 Å². The Balaban J connectivity index is 2.86. The monoisotopic (exact) mass is 268 g/mol. The van der Waals surface area contributed by atoms with Crippen molar-refractivity contribution in [2.45, 2.75) is 0 Å². The zero-order chi connectivity index (χ0) is 12.8. The van der Waals surface area contributed by atoms with Crippen LogP contribution >= 0.6 is 24.2 Å². The standard InChI is InChI=1S/C11H9ClN2O2S/c1-2-5-15-7-3-4-8(9(12)6-7)10(13)16-11(14)17/h1,3-4,6,13H,5H2,(H2,14,17). The van der Waals surface area contributed by atoms with Crippen LogP contribution in [0.15, 0.2) is 18.2 Å². The summed E-state index contributed by atoms with van der Waals surface area (Å²) >= 11 is 9.56. The first-order valence-corrected chi connectivity index (χ1v) is 5.27. The highest BCUT2D eigenvalue weighted by Gasteiger charge is 2.10. The number of ether oxygens (including phenoxy) is 2. The third-order valence-electron chi connectivity index (χ3n) is 1.71. The molecule has 1 aromatic carbocycles. The second-order valence-corrected chi connectivity index (χ2v) is 3.68. The van der Waals surface area contributed by atoms with Gasteiger partial charge in [-0.3, -0.25) is 10.8 Å². The van der Waals surface area contributed by atoms with Crippen molar-refractivity contribution in [3.05, 3.63) is 28.8 Å². The number of terminal acetylenes is 1. The van der Waals surface area contributed by atoms with Gasteiger partial charge < -0.3 is 9.47 Å². The van der Waals surface area contributed by atoms with Crippen LogP contribution in [-0.2, 0) is 4.74 Å². The molecule has 4 nitrogen and oxygen atoms in total. The molecule has 0 amide bonds. The van der Waals surface area contributed by atoms with Crippen molar-refractivity contribution in [1.29, 1.82) is 10.8 Å². The number of benzene rings is 1. The lowest BCUT2D eigenvalue weighted by Gasteiger charge is -2.08. The second-order valence-electron chi connectivity index (χ2n) is 2.87. The van der Waals surface area contributed by atoms with Crippen molar-refractivity contribution in [3.63, 3.8) is 0 Å². The summed E-state index contributed by atoms with van der Waals surface area (Å²) in [5.41, 5.74) is 0.346. The molecule has 0 aliphatic carbocycles. The highest BCUT2D eigenvalue weighted by atomic mass is 35.5.